The number of rotatable bonds is 3. The molecule has 7 nitrogen and oxygen atoms in total. The Morgan fingerprint density at radius 3 is 3.00 bits per heavy atom. The number of fused-ring (bicyclic) bond motifs is 1. The van der Waals surface area contributed by atoms with Crippen LogP contribution in [-0.2, 0) is 13.5 Å². The van der Waals surface area contributed by atoms with E-state index in [4.69, 9.17) is 16.3 Å². The molecule has 1 N–H and O–H groups in total. The fraction of sp³-hybridized carbons (Fsp3) is 0.176. The molecule has 3 aromatic rings. The van der Waals surface area contributed by atoms with Crippen LogP contribution < -0.4 is 10.1 Å². The molecule has 0 fully saturated rings. The Balaban J connectivity index is 1.71. The number of carbonyl (C=O) groups excluding carboxylic acids is 1. The van der Waals surface area contributed by atoms with E-state index in [1.807, 2.05) is 29.8 Å². The number of aromatic nitrogens is 4. The highest BCUT2D eigenvalue weighted by Crippen LogP contribution is 2.30. The summed E-state index contributed by atoms with van der Waals surface area (Å²) in [4.78, 5) is 24.3. The predicted octanol–water partition coefficient (Wildman–Crippen LogP) is 3.21. The first-order valence-electron chi connectivity index (χ1n) is 7.82. The number of hydrogen-bond donors (Lipinski definition) is 1. The Morgan fingerprint density at radius 2 is 2.19 bits per heavy atom. The van der Waals surface area contributed by atoms with Crippen molar-refractivity contribution >= 4 is 40.1 Å². The fourth-order valence-electron chi connectivity index (χ4n) is 2.93. The lowest BCUT2D eigenvalue weighted by molar-refractivity contribution is 0.0945. The molecule has 0 atom stereocenters. The molecule has 4 rings (SSSR count). The lowest BCUT2D eigenvalue weighted by Gasteiger charge is -2.14. The van der Waals surface area contributed by atoms with Crippen LogP contribution in [-0.4, -0.2) is 32.0 Å². The zero-order valence-corrected chi connectivity index (χ0v) is 16.6. The number of hydrogen-bond acceptors (Lipinski definition) is 5. The highest BCUT2D eigenvalue weighted by Gasteiger charge is 2.23. The Labute approximate surface area is 167 Å². The maximum Gasteiger partial charge on any atom is 0.253 e. The minimum absolute atomic E-state index is 0.0381. The van der Waals surface area contributed by atoms with E-state index in [1.54, 1.807) is 12.4 Å². The monoisotopic (exact) mass is 481 g/mol. The Kier molecular flexibility index (Phi) is 4.53. The van der Waals surface area contributed by atoms with Gasteiger partial charge in [-0.15, -0.1) is 0 Å². The van der Waals surface area contributed by atoms with Gasteiger partial charge in [-0.05, 0) is 46.3 Å². The van der Waals surface area contributed by atoms with E-state index in [0.717, 1.165) is 26.9 Å². The van der Waals surface area contributed by atoms with Crippen molar-refractivity contribution in [1.29, 1.82) is 0 Å². The van der Waals surface area contributed by atoms with E-state index in [-0.39, 0.29) is 11.2 Å². The summed E-state index contributed by atoms with van der Waals surface area (Å²) in [6.45, 7) is 0.654. The summed E-state index contributed by atoms with van der Waals surface area (Å²) in [7, 11) is 1.96. The van der Waals surface area contributed by atoms with E-state index in [0.29, 0.717) is 23.9 Å². The predicted molar refractivity (Wildman–Crippen MR) is 105 cm³/mol. The second kappa shape index (κ2) is 6.84. The molecule has 0 aliphatic carbocycles. The third-order valence-corrected chi connectivity index (χ3v) is 5.09. The fourth-order valence-corrected chi connectivity index (χ4v) is 3.43. The molecule has 1 aliphatic rings. The van der Waals surface area contributed by atoms with Crippen molar-refractivity contribution in [2.75, 3.05) is 6.54 Å². The number of ether oxygens (including phenoxy) is 1. The van der Waals surface area contributed by atoms with E-state index >= 15 is 0 Å². The summed E-state index contributed by atoms with van der Waals surface area (Å²) in [5.74, 6) is 0.698. The Hall–Kier alpha value is -2.20. The molecule has 1 aliphatic heterocycles. The molecule has 132 valence electrons. The van der Waals surface area contributed by atoms with Gasteiger partial charge in [0.1, 0.15) is 0 Å². The van der Waals surface area contributed by atoms with Crippen LogP contribution in [0.3, 0.4) is 0 Å². The molecule has 26 heavy (non-hydrogen) atoms. The first kappa shape index (κ1) is 17.2. The third-order valence-electron chi connectivity index (χ3n) is 4.16. The van der Waals surface area contributed by atoms with Gasteiger partial charge in [0, 0.05) is 55.4 Å². The highest BCUT2D eigenvalue weighted by molar-refractivity contribution is 14.1. The molecule has 0 saturated heterocycles. The van der Waals surface area contributed by atoms with Crippen molar-refractivity contribution in [1.82, 2.24) is 24.8 Å². The summed E-state index contributed by atoms with van der Waals surface area (Å²) >= 11 is 7.91. The molecule has 0 radical (unpaired) electrons. The molecular formula is C17H13ClIN5O2. The van der Waals surface area contributed by atoms with Crippen LogP contribution in [0, 0.1) is 3.57 Å². The number of halogens is 2. The Morgan fingerprint density at radius 1 is 1.35 bits per heavy atom. The van der Waals surface area contributed by atoms with E-state index in [9.17, 15) is 4.79 Å². The molecule has 0 saturated carbocycles. The van der Waals surface area contributed by atoms with Gasteiger partial charge in [-0.3, -0.25) is 4.79 Å². The van der Waals surface area contributed by atoms with E-state index < -0.39 is 0 Å². The largest absolute Gasteiger partial charge is 0.419 e. The molecule has 3 aromatic heterocycles. The standard InChI is InChI=1S/C17H13ClIN5O2/c1-24-12-3-5-21-15(25)10(12)7-13(24)9-2-4-20-14(6-9)26-16-11(19)8-22-17(18)23-16/h2,4,6-8H,3,5H2,1H3,(H,21,25). The molecular weight excluding hydrogens is 469 g/mol. The normalized spacial score (nSPS) is 13.3. The molecule has 0 unspecified atom stereocenters. The summed E-state index contributed by atoms with van der Waals surface area (Å²) < 4.78 is 8.54. The van der Waals surface area contributed by atoms with Crippen molar-refractivity contribution in [3.05, 3.63) is 50.7 Å². The molecule has 9 heteroatoms. The van der Waals surface area contributed by atoms with Gasteiger partial charge in [-0.2, -0.15) is 4.98 Å². The summed E-state index contributed by atoms with van der Waals surface area (Å²) in [6.07, 6.45) is 4.05. The summed E-state index contributed by atoms with van der Waals surface area (Å²) in [6, 6.07) is 5.59. The van der Waals surface area contributed by atoms with Crippen LogP contribution in [0.4, 0.5) is 0 Å². The van der Waals surface area contributed by atoms with Crippen molar-refractivity contribution in [2.45, 2.75) is 6.42 Å². The average Bonchev–Trinajstić information content (AvgIpc) is 2.97. The Bertz CT molecular complexity index is 1020. The molecule has 0 spiro atoms. The number of amides is 1. The topological polar surface area (TPSA) is 81.9 Å². The quantitative estimate of drug-likeness (QED) is 0.459. The SMILES string of the molecule is Cn1c(-c2ccnc(Oc3nc(Cl)ncc3I)c2)cc2c1CCNC2=O. The zero-order valence-electron chi connectivity index (χ0n) is 13.7. The maximum atomic E-state index is 12.1. The second-order valence-electron chi connectivity index (χ2n) is 5.73. The van der Waals surface area contributed by atoms with Crippen LogP contribution in [0.25, 0.3) is 11.3 Å². The summed E-state index contributed by atoms with van der Waals surface area (Å²) in [5.41, 5.74) is 3.56. The molecule has 0 bridgehead atoms. The lowest BCUT2D eigenvalue weighted by atomic mass is 10.1. The second-order valence-corrected chi connectivity index (χ2v) is 7.23. The van der Waals surface area contributed by atoms with Crippen molar-refractivity contribution in [3.8, 4) is 23.0 Å². The van der Waals surface area contributed by atoms with Crippen LogP contribution >= 0.6 is 34.2 Å². The molecule has 4 heterocycles. The lowest BCUT2D eigenvalue weighted by Crippen LogP contribution is -2.31. The smallest absolute Gasteiger partial charge is 0.253 e. The average molecular weight is 482 g/mol. The zero-order chi connectivity index (χ0) is 18.3. The minimum Gasteiger partial charge on any atom is -0.419 e. The van der Waals surface area contributed by atoms with Gasteiger partial charge in [-0.1, -0.05) is 0 Å². The number of nitrogens with one attached hydrogen (secondary N) is 1. The van der Waals surface area contributed by atoms with Gasteiger partial charge < -0.3 is 14.6 Å². The van der Waals surface area contributed by atoms with Gasteiger partial charge in [0.15, 0.2) is 0 Å². The van der Waals surface area contributed by atoms with Gasteiger partial charge in [0.25, 0.3) is 5.91 Å². The molecule has 0 aromatic carbocycles. The van der Waals surface area contributed by atoms with Crippen LogP contribution in [0.15, 0.2) is 30.6 Å². The summed E-state index contributed by atoms with van der Waals surface area (Å²) in [5, 5.41) is 2.98. The van der Waals surface area contributed by atoms with E-state index in [2.05, 4.69) is 42.9 Å². The van der Waals surface area contributed by atoms with Gasteiger partial charge >= 0.3 is 0 Å². The van der Waals surface area contributed by atoms with Crippen molar-refractivity contribution in [2.24, 2.45) is 7.05 Å². The van der Waals surface area contributed by atoms with Crippen LogP contribution in [0.5, 0.6) is 11.8 Å². The number of carbonyl (C=O) groups is 1. The van der Waals surface area contributed by atoms with Crippen LogP contribution in [0.1, 0.15) is 16.1 Å². The molecule has 1 amide bonds. The van der Waals surface area contributed by atoms with Crippen LogP contribution in [0.2, 0.25) is 5.28 Å². The van der Waals surface area contributed by atoms with E-state index in [1.165, 1.54) is 0 Å². The number of pyridine rings is 1. The number of nitrogens with zero attached hydrogens (tertiary/aromatic N) is 4. The first-order chi connectivity index (χ1) is 12.5. The van der Waals surface area contributed by atoms with Gasteiger partial charge in [0.05, 0.1) is 9.13 Å². The van der Waals surface area contributed by atoms with Crippen molar-refractivity contribution < 1.29 is 9.53 Å². The first-order valence-corrected chi connectivity index (χ1v) is 9.27. The van der Waals surface area contributed by atoms with Gasteiger partial charge in [-0.25, -0.2) is 9.97 Å². The van der Waals surface area contributed by atoms with Crippen molar-refractivity contribution in [3.63, 3.8) is 0 Å². The van der Waals surface area contributed by atoms with Gasteiger partial charge in [0.2, 0.25) is 17.0 Å². The third kappa shape index (κ3) is 3.14. The highest BCUT2D eigenvalue weighted by atomic mass is 127. The maximum absolute atomic E-state index is 12.1. The minimum atomic E-state index is -0.0381.